The van der Waals surface area contributed by atoms with E-state index < -0.39 is 5.97 Å². The van der Waals surface area contributed by atoms with Crippen molar-refractivity contribution < 1.29 is 19.1 Å². The van der Waals surface area contributed by atoms with Gasteiger partial charge in [0, 0.05) is 11.6 Å². The summed E-state index contributed by atoms with van der Waals surface area (Å²) in [4.78, 5) is 24.0. The molecule has 148 valence electrons. The summed E-state index contributed by atoms with van der Waals surface area (Å²) in [5.41, 5.74) is 1.91. The number of nitrogens with one attached hydrogen (secondary N) is 1. The molecule has 3 rings (SSSR count). The molecule has 1 aliphatic carbocycles. The second-order valence-electron chi connectivity index (χ2n) is 7.25. The summed E-state index contributed by atoms with van der Waals surface area (Å²) in [5, 5.41) is 2.97. The summed E-state index contributed by atoms with van der Waals surface area (Å²) < 4.78 is 10.7. The first-order valence-corrected chi connectivity index (χ1v) is 9.85. The molecule has 0 saturated heterocycles. The molecular weight excluding hydrogens is 354 g/mol. The average Bonchev–Trinajstić information content (AvgIpc) is 2.73. The van der Waals surface area contributed by atoms with Crippen molar-refractivity contribution >= 4 is 11.9 Å². The van der Waals surface area contributed by atoms with Gasteiger partial charge in [-0.15, -0.1) is 0 Å². The highest BCUT2D eigenvalue weighted by Gasteiger charge is 2.23. The summed E-state index contributed by atoms with van der Waals surface area (Å²) >= 11 is 0. The maximum absolute atomic E-state index is 12.0. The number of rotatable bonds is 7. The minimum absolute atomic E-state index is 0.175. The molecule has 0 aromatic heterocycles. The van der Waals surface area contributed by atoms with E-state index in [4.69, 9.17) is 9.47 Å². The Morgan fingerprint density at radius 2 is 1.68 bits per heavy atom. The van der Waals surface area contributed by atoms with Gasteiger partial charge in [-0.3, -0.25) is 4.79 Å². The quantitative estimate of drug-likeness (QED) is 0.737. The number of ether oxygens (including phenoxy) is 2. The third-order valence-corrected chi connectivity index (χ3v) is 5.14. The van der Waals surface area contributed by atoms with Crippen LogP contribution in [0.25, 0.3) is 11.1 Å². The molecule has 5 heteroatoms. The van der Waals surface area contributed by atoms with Crippen LogP contribution in [0.1, 0.15) is 32.6 Å². The Hall–Kier alpha value is -2.82. The Morgan fingerprint density at radius 1 is 0.964 bits per heavy atom. The molecule has 0 unspecified atom stereocenters. The zero-order valence-electron chi connectivity index (χ0n) is 16.2. The van der Waals surface area contributed by atoms with Gasteiger partial charge in [-0.1, -0.05) is 68.3 Å². The summed E-state index contributed by atoms with van der Waals surface area (Å²) in [7, 11) is 0. The number of esters is 1. The number of benzene rings is 2. The molecule has 2 aromatic rings. The van der Waals surface area contributed by atoms with Crippen molar-refractivity contribution in [3.8, 4) is 16.9 Å². The Balaban J connectivity index is 1.47. The van der Waals surface area contributed by atoms with Gasteiger partial charge in [0.15, 0.2) is 13.2 Å². The van der Waals surface area contributed by atoms with Crippen LogP contribution >= 0.6 is 0 Å². The smallest absolute Gasteiger partial charge is 0.344 e. The molecule has 0 spiro atoms. The van der Waals surface area contributed by atoms with E-state index in [1.165, 1.54) is 6.42 Å². The van der Waals surface area contributed by atoms with Crippen molar-refractivity contribution in [2.45, 2.75) is 38.6 Å². The molecule has 1 saturated carbocycles. The number of hydrogen-bond acceptors (Lipinski definition) is 4. The lowest BCUT2D eigenvalue weighted by Gasteiger charge is -2.29. The number of para-hydroxylation sites is 1. The van der Waals surface area contributed by atoms with Crippen molar-refractivity contribution in [3.05, 3.63) is 54.6 Å². The zero-order chi connectivity index (χ0) is 19.8. The first kappa shape index (κ1) is 19.9. The minimum Gasteiger partial charge on any atom is -0.481 e. The summed E-state index contributed by atoms with van der Waals surface area (Å²) in [6.45, 7) is 1.64. The van der Waals surface area contributed by atoms with Gasteiger partial charge < -0.3 is 14.8 Å². The lowest BCUT2D eigenvalue weighted by molar-refractivity contribution is -0.150. The molecule has 2 atom stereocenters. The molecule has 5 nitrogen and oxygen atoms in total. The highest BCUT2D eigenvalue weighted by Crippen LogP contribution is 2.29. The van der Waals surface area contributed by atoms with E-state index in [2.05, 4.69) is 12.2 Å². The lowest BCUT2D eigenvalue weighted by atomic mass is 9.86. The van der Waals surface area contributed by atoms with E-state index in [1.807, 2.05) is 54.6 Å². The largest absolute Gasteiger partial charge is 0.481 e. The molecule has 1 N–H and O–H groups in total. The molecule has 2 aromatic carbocycles. The summed E-state index contributed by atoms with van der Waals surface area (Å²) in [6, 6.07) is 17.5. The van der Waals surface area contributed by atoms with Gasteiger partial charge in [-0.2, -0.15) is 0 Å². The molecule has 0 radical (unpaired) electrons. The van der Waals surface area contributed by atoms with Crippen LogP contribution < -0.4 is 10.1 Å². The van der Waals surface area contributed by atoms with Crippen LogP contribution in [-0.4, -0.2) is 31.1 Å². The highest BCUT2D eigenvalue weighted by molar-refractivity contribution is 5.81. The first-order chi connectivity index (χ1) is 13.6. The number of carbonyl (C=O) groups is 2. The van der Waals surface area contributed by atoms with Gasteiger partial charge in [-0.05, 0) is 30.4 Å². The fourth-order valence-electron chi connectivity index (χ4n) is 3.55. The number of amides is 1. The second-order valence-corrected chi connectivity index (χ2v) is 7.25. The van der Waals surface area contributed by atoms with Crippen molar-refractivity contribution in [3.63, 3.8) is 0 Å². The summed E-state index contributed by atoms with van der Waals surface area (Å²) in [5.74, 6) is 0.254. The van der Waals surface area contributed by atoms with Gasteiger partial charge in [-0.25, -0.2) is 4.79 Å². The Labute approximate surface area is 166 Å². The van der Waals surface area contributed by atoms with Crippen LogP contribution in [-0.2, 0) is 14.3 Å². The third kappa shape index (κ3) is 5.59. The van der Waals surface area contributed by atoms with Crippen molar-refractivity contribution in [1.29, 1.82) is 0 Å². The van der Waals surface area contributed by atoms with Gasteiger partial charge in [0.1, 0.15) is 5.75 Å². The molecule has 1 fully saturated rings. The third-order valence-electron chi connectivity index (χ3n) is 5.14. The maximum Gasteiger partial charge on any atom is 0.344 e. The van der Waals surface area contributed by atoms with Gasteiger partial charge in [0.05, 0.1) is 0 Å². The van der Waals surface area contributed by atoms with Crippen LogP contribution in [0.15, 0.2) is 54.6 Å². The molecular formula is C23H27NO4. The van der Waals surface area contributed by atoms with Gasteiger partial charge in [0.2, 0.25) is 0 Å². The average molecular weight is 381 g/mol. The zero-order valence-corrected chi connectivity index (χ0v) is 16.2. The Morgan fingerprint density at radius 3 is 2.46 bits per heavy atom. The predicted molar refractivity (Wildman–Crippen MR) is 108 cm³/mol. The Kier molecular flexibility index (Phi) is 7.06. The SMILES string of the molecule is C[C@H]1CCCC[C@@H]1NC(=O)COC(=O)COc1ccccc1-c1ccccc1. The second kappa shape index (κ2) is 9.93. The normalized spacial score (nSPS) is 18.9. The van der Waals surface area contributed by atoms with Crippen molar-refractivity contribution in [2.24, 2.45) is 5.92 Å². The highest BCUT2D eigenvalue weighted by atomic mass is 16.6. The number of carbonyl (C=O) groups excluding carboxylic acids is 2. The van der Waals surface area contributed by atoms with Gasteiger partial charge in [0.25, 0.3) is 5.91 Å². The monoisotopic (exact) mass is 381 g/mol. The summed E-state index contributed by atoms with van der Waals surface area (Å²) in [6.07, 6.45) is 4.45. The van der Waals surface area contributed by atoms with Crippen molar-refractivity contribution in [1.82, 2.24) is 5.32 Å². The van der Waals surface area contributed by atoms with Crippen LogP contribution in [0.4, 0.5) is 0 Å². The lowest BCUT2D eigenvalue weighted by Crippen LogP contribution is -2.43. The van der Waals surface area contributed by atoms with E-state index in [0.717, 1.165) is 30.4 Å². The molecule has 1 aliphatic rings. The Bertz CT molecular complexity index is 790. The standard InChI is InChI=1S/C23H27NO4/c1-17-9-5-7-13-20(17)24-22(25)15-28-23(26)16-27-21-14-8-6-12-19(21)18-10-3-2-4-11-18/h2-4,6,8,10-12,14,17,20H,5,7,9,13,15-16H2,1H3,(H,24,25)/t17-,20-/m0/s1. The molecule has 1 amide bonds. The predicted octanol–water partition coefficient (Wildman–Crippen LogP) is 3.97. The fourth-order valence-corrected chi connectivity index (χ4v) is 3.55. The molecule has 0 heterocycles. The number of hydrogen-bond donors (Lipinski definition) is 1. The molecule has 0 bridgehead atoms. The van der Waals surface area contributed by atoms with Crippen molar-refractivity contribution in [2.75, 3.05) is 13.2 Å². The van der Waals surface area contributed by atoms with Gasteiger partial charge >= 0.3 is 5.97 Å². The van der Waals surface area contributed by atoms with E-state index in [-0.39, 0.29) is 25.2 Å². The van der Waals surface area contributed by atoms with E-state index >= 15 is 0 Å². The fraction of sp³-hybridized carbons (Fsp3) is 0.391. The van der Waals surface area contributed by atoms with E-state index in [0.29, 0.717) is 11.7 Å². The van der Waals surface area contributed by atoms with Crippen LogP contribution in [0, 0.1) is 5.92 Å². The molecule has 0 aliphatic heterocycles. The first-order valence-electron chi connectivity index (χ1n) is 9.85. The van der Waals surface area contributed by atoms with Crippen LogP contribution in [0.5, 0.6) is 5.75 Å². The van der Waals surface area contributed by atoms with Crippen LogP contribution in [0.2, 0.25) is 0 Å². The van der Waals surface area contributed by atoms with Crippen LogP contribution in [0.3, 0.4) is 0 Å². The van der Waals surface area contributed by atoms with E-state index in [1.54, 1.807) is 0 Å². The topological polar surface area (TPSA) is 64.6 Å². The maximum atomic E-state index is 12.0. The van der Waals surface area contributed by atoms with E-state index in [9.17, 15) is 9.59 Å². The minimum atomic E-state index is -0.560. The molecule has 28 heavy (non-hydrogen) atoms.